The Bertz CT molecular complexity index is 757. The molecule has 2 aromatic heterocycles. The molecule has 0 amide bonds. The van der Waals surface area contributed by atoms with Crippen LogP contribution in [0.25, 0.3) is 17.1 Å². The van der Waals surface area contributed by atoms with Gasteiger partial charge < -0.3 is 10.8 Å². The lowest BCUT2D eigenvalue weighted by molar-refractivity contribution is 0.475. The molecule has 20 heavy (non-hydrogen) atoms. The van der Waals surface area contributed by atoms with Gasteiger partial charge in [0.05, 0.1) is 11.2 Å². The van der Waals surface area contributed by atoms with Gasteiger partial charge in [-0.1, -0.05) is 11.6 Å². The molecule has 3 aromatic rings. The molecule has 6 nitrogen and oxygen atoms in total. The molecule has 0 saturated carbocycles. The Hall–Kier alpha value is -2.60. The van der Waals surface area contributed by atoms with Crippen LogP contribution >= 0.6 is 11.6 Å². The van der Waals surface area contributed by atoms with E-state index in [1.807, 2.05) is 0 Å². The lowest BCUT2D eigenvalue weighted by atomic mass is 10.1. The Morgan fingerprint density at radius 1 is 1.30 bits per heavy atom. The van der Waals surface area contributed by atoms with Crippen LogP contribution in [0.4, 0.5) is 5.82 Å². The lowest BCUT2D eigenvalue weighted by Gasteiger charge is -2.09. The van der Waals surface area contributed by atoms with Gasteiger partial charge >= 0.3 is 0 Å². The van der Waals surface area contributed by atoms with Crippen LogP contribution in [0.5, 0.6) is 5.75 Å². The molecule has 1 aromatic carbocycles. The summed E-state index contributed by atoms with van der Waals surface area (Å²) >= 11 is 5.93. The van der Waals surface area contributed by atoms with Crippen LogP contribution in [0.2, 0.25) is 5.02 Å². The van der Waals surface area contributed by atoms with Crippen LogP contribution in [0.15, 0.2) is 43.1 Å². The molecule has 3 rings (SSSR count). The Balaban J connectivity index is 2.20. The Kier molecular flexibility index (Phi) is 3.00. The van der Waals surface area contributed by atoms with E-state index in [9.17, 15) is 5.11 Å². The summed E-state index contributed by atoms with van der Waals surface area (Å²) in [5.74, 6) is 0.870. The van der Waals surface area contributed by atoms with E-state index in [2.05, 4.69) is 15.0 Å². The van der Waals surface area contributed by atoms with E-state index in [0.29, 0.717) is 17.3 Å². The molecule has 2 heterocycles. The number of halogens is 1. The monoisotopic (exact) mass is 287 g/mol. The van der Waals surface area contributed by atoms with E-state index >= 15 is 0 Å². The van der Waals surface area contributed by atoms with Gasteiger partial charge in [0.1, 0.15) is 23.6 Å². The lowest BCUT2D eigenvalue weighted by Crippen LogP contribution is -2.03. The summed E-state index contributed by atoms with van der Waals surface area (Å²) in [6.45, 7) is 0. The van der Waals surface area contributed by atoms with E-state index < -0.39 is 0 Å². The van der Waals surface area contributed by atoms with E-state index in [0.717, 1.165) is 5.56 Å². The second-order valence-corrected chi connectivity index (χ2v) is 4.51. The van der Waals surface area contributed by atoms with Gasteiger partial charge in [-0.05, 0) is 18.2 Å². The average Bonchev–Trinajstić information content (AvgIpc) is 2.96. The van der Waals surface area contributed by atoms with Crippen molar-refractivity contribution in [2.75, 3.05) is 5.73 Å². The highest BCUT2D eigenvalue weighted by atomic mass is 35.5. The van der Waals surface area contributed by atoms with Crippen molar-refractivity contribution >= 4 is 17.4 Å². The third-order valence-corrected chi connectivity index (χ3v) is 3.05. The minimum Gasteiger partial charge on any atom is -0.506 e. The zero-order valence-electron chi connectivity index (χ0n) is 10.2. The second-order valence-electron chi connectivity index (χ2n) is 4.10. The number of nitrogens with two attached hydrogens (primary N) is 1. The number of phenols is 1. The molecule has 0 spiro atoms. The minimum absolute atomic E-state index is 0.0167. The number of hydrogen-bond donors (Lipinski definition) is 2. The second kappa shape index (κ2) is 4.82. The molecule has 7 heteroatoms. The maximum atomic E-state index is 9.48. The van der Waals surface area contributed by atoms with E-state index in [-0.39, 0.29) is 10.8 Å². The minimum atomic E-state index is 0.0167. The number of anilines is 1. The zero-order valence-corrected chi connectivity index (χ0v) is 11.0. The number of nitrogens with zero attached hydrogens (tertiary/aromatic N) is 4. The van der Waals surface area contributed by atoms with Gasteiger partial charge in [0.25, 0.3) is 0 Å². The third-order valence-electron chi connectivity index (χ3n) is 2.74. The first-order valence-electron chi connectivity index (χ1n) is 5.75. The quantitative estimate of drug-likeness (QED) is 0.754. The molecular weight excluding hydrogens is 278 g/mol. The highest BCUT2D eigenvalue weighted by Gasteiger charge is 2.12. The molecular formula is C13H10ClN5O. The van der Waals surface area contributed by atoms with Gasteiger partial charge in [0.15, 0.2) is 5.82 Å². The van der Waals surface area contributed by atoms with Gasteiger partial charge in [-0.2, -0.15) is 0 Å². The highest BCUT2D eigenvalue weighted by molar-refractivity contribution is 6.32. The number of aromatic hydroxyl groups is 1. The number of phenolic OH excluding ortho intramolecular Hbond substituents is 1. The maximum Gasteiger partial charge on any atom is 0.166 e. The van der Waals surface area contributed by atoms with E-state index in [1.54, 1.807) is 35.4 Å². The van der Waals surface area contributed by atoms with Crippen LogP contribution in [0, 0.1) is 0 Å². The van der Waals surface area contributed by atoms with Gasteiger partial charge in [-0.3, -0.25) is 4.57 Å². The first-order chi connectivity index (χ1) is 9.65. The summed E-state index contributed by atoms with van der Waals surface area (Å²) in [4.78, 5) is 12.6. The van der Waals surface area contributed by atoms with Gasteiger partial charge in [0, 0.05) is 18.0 Å². The summed E-state index contributed by atoms with van der Waals surface area (Å²) in [6, 6.07) is 4.84. The van der Waals surface area contributed by atoms with Crippen molar-refractivity contribution in [1.29, 1.82) is 0 Å². The standard InChI is InChI=1S/C13H10ClN5O/c14-9-5-8(1-2-10(9)20)12-13(18-11(15)6-17-12)19-4-3-16-7-19/h1-7,20H,(H2,15,18). The van der Waals surface area contributed by atoms with Gasteiger partial charge in [0.2, 0.25) is 0 Å². The molecule has 0 radical (unpaired) electrons. The molecule has 100 valence electrons. The molecule has 3 N–H and O–H groups in total. The number of imidazole rings is 1. The van der Waals surface area contributed by atoms with Crippen LogP contribution in [-0.4, -0.2) is 24.6 Å². The average molecular weight is 288 g/mol. The molecule has 0 bridgehead atoms. The zero-order chi connectivity index (χ0) is 14.1. The highest BCUT2D eigenvalue weighted by Crippen LogP contribution is 2.30. The fourth-order valence-corrected chi connectivity index (χ4v) is 2.00. The van der Waals surface area contributed by atoms with Crippen LogP contribution in [0.3, 0.4) is 0 Å². The third kappa shape index (κ3) is 2.17. The number of benzene rings is 1. The summed E-state index contributed by atoms with van der Waals surface area (Å²) in [6.07, 6.45) is 6.46. The predicted molar refractivity (Wildman–Crippen MR) is 75.7 cm³/mol. The van der Waals surface area contributed by atoms with Crippen LogP contribution in [0.1, 0.15) is 0 Å². The van der Waals surface area contributed by atoms with Crippen molar-refractivity contribution in [3.05, 3.63) is 48.1 Å². The molecule has 0 aliphatic carbocycles. The largest absolute Gasteiger partial charge is 0.506 e. The summed E-state index contributed by atoms with van der Waals surface area (Å²) < 4.78 is 1.71. The number of nitrogen functional groups attached to an aromatic ring is 1. The van der Waals surface area contributed by atoms with E-state index in [1.165, 1.54) is 12.3 Å². The maximum absolute atomic E-state index is 9.48. The van der Waals surface area contributed by atoms with Crippen molar-refractivity contribution in [1.82, 2.24) is 19.5 Å². The van der Waals surface area contributed by atoms with Crippen LogP contribution in [-0.2, 0) is 0 Å². The Labute approximate surface area is 119 Å². The SMILES string of the molecule is Nc1cnc(-c2ccc(O)c(Cl)c2)c(-n2ccnc2)n1. The normalized spacial score (nSPS) is 10.7. The summed E-state index contributed by atoms with van der Waals surface area (Å²) in [5, 5.41) is 9.73. The molecule has 0 unspecified atom stereocenters. The van der Waals surface area contributed by atoms with Gasteiger partial charge in [-0.15, -0.1) is 0 Å². The summed E-state index contributed by atoms with van der Waals surface area (Å²) in [7, 11) is 0. The molecule has 0 aliphatic heterocycles. The van der Waals surface area contributed by atoms with Crippen molar-refractivity contribution < 1.29 is 5.11 Å². The van der Waals surface area contributed by atoms with Crippen LogP contribution < -0.4 is 5.73 Å². The smallest absolute Gasteiger partial charge is 0.166 e. The first-order valence-corrected chi connectivity index (χ1v) is 6.12. The van der Waals surface area contributed by atoms with E-state index in [4.69, 9.17) is 17.3 Å². The van der Waals surface area contributed by atoms with Gasteiger partial charge in [-0.25, -0.2) is 15.0 Å². The molecule has 0 saturated heterocycles. The number of rotatable bonds is 2. The Morgan fingerprint density at radius 2 is 2.15 bits per heavy atom. The molecule has 0 aliphatic rings. The molecule has 0 fully saturated rings. The number of aromatic nitrogens is 4. The van der Waals surface area contributed by atoms with Crippen molar-refractivity contribution in [2.24, 2.45) is 0 Å². The molecule has 0 atom stereocenters. The summed E-state index contributed by atoms with van der Waals surface area (Å²) in [5.41, 5.74) is 7.01. The van der Waals surface area contributed by atoms with Crippen molar-refractivity contribution in [2.45, 2.75) is 0 Å². The Morgan fingerprint density at radius 3 is 2.85 bits per heavy atom. The predicted octanol–water partition coefficient (Wildman–Crippen LogP) is 2.27. The fraction of sp³-hybridized carbons (Fsp3) is 0. The fourth-order valence-electron chi connectivity index (χ4n) is 1.81. The van der Waals surface area contributed by atoms with Crippen molar-refractivity contribution in [3.63, 3.8) is 0 Å². The number of hydrogen-bond acceptors (Lipinski definition) is 5. The first kappa shape index (κ1) is 12.4. The topological polar surface area (TPSA) is 89.8 Å². The van der Waals surface area contributed by atoms with Crippen molar-refractivity contribution in [3.8, 4) is 22.8 Å².